The average Bonchev–Trinajstić information content (AvgIpc) is 3.28. The quantitative estimate of drug-likeness (QED) is 0.876. The van der Waals surface area contributed by atoms with Crippen LogP contribution in [0.3, 0.4) is 0 Å². The van der Waals surface area contributed by atoms with Crippen molar-refractivity contribution in [1.29, 1.82) is 0 Å². The van der Waals surface area contributed by atoms with Crippen molar-refractivity contribution < 1.29 is 13.2 Å². The van der Waals surface area contributed by atoms with Crippen LogP contribution in [0.4, 0.5) is 0 Å². The van der Waals surface area contributed by atoms with Crippen molar-refractivity contribution in [2.75, 3.05) is 6.54 Å². The van der Waals surface area contributed by atoms with Gasteiger partial charge in [-0.15, -0.1) is 0 Å². The monoisotopic (exact) mass is 304 g/mol. The van der Waals surface area contributed by atoms with Crippen LogP contribution in [0.2, 0.25) is 0 Å². The van der Waals surface area contributed by atoms with Crippen molar-refractivity contribution in [3.8, 4) is 0 Å². The second-order valence-corrected chi connectivity index (χ2v) is 6.88. The van der Waals surface area contributed by atoms with Gasteiger partial charge in [0.2, 0.25) is 15.9 Å². The first-order chi connectivity index (χ1) is 10.1. The zero-order chi connectivity index (χ0) is 14.9. The molecule has 5 nitrogen and oxygen atoms in total. The van der Waals surface area contributed by atoms with Crippen LogP contribution in [0.5, 0.6) is 0 Å². The van der Waals surface area contributed by atoms with Crippen molar-refractivity contribution in [1.82, 2.24) is 10.0 Å². The second kappa shape index (κ2) is 5.46. The van der Waals surface area contributed by atoms with Crippen LogP contribution in [0, 0.1) is 0 Å². The number of carbonyl (C=O) groups is 1. The Kier molecular flexibility index (Phi) is 3.65. The molecule has 0 radical (unpaired) electrons. The Morgan fingerprint density at radius 2 is 1.81 bits per heavy atom. The maximum atomic E-state index is 12.4. The van der Waals surface area contributed by atoms with Crippen molar-refractivity contribution >= 4 is 26.7 Å². The normalized spacial score (nSPS) is 15.0. The van der Waals surface area contributed by atoms with E-state index in [0.29, 0.717) is 5.39 Å². The molecule has 1 aliphatic carbocycles. The van der Waals surface area contributed by atoms with Gasteiger partial charge in [0, 0.05) is 11.4 Å². The minimum absolute atomic E-state index is 0.194. The molecule has 2 N–H and O–H groups in total. The molecule has 0 bridgehead atoms. The maximum Gasteiger partial charge on any atom is 0.241 e. The lowest BCUT2D eigenvalue weighted by atomic mass is 10.1. The molecule has 2 aromatic carbocycles. The van der Waals surface area contributed by atoms with Crippen molar-refractivity contribution in [3.05, 3.63) is 42.5 Å². The summed E-state index contributed by atoms with van der Waals surface area (Å²) in [4.78, 5) is 11.8. The Bertz CT molecular complexity index is 777. The maximum absolute atomic E-state index is 12.4. The summed E-state index contributed by atoms with van der Waals surface area (Å²) in [6, 6.07) is 12.6. The molecular weight excluding hydrogens is 288 g/mol. The molecule has 0 saturated heterocycles. The van der Waals surface area contributed by atoms with Crippen molar-refractivity contribution in [2.45, 2.75) is 23.8 Å². The predicted molar refractivity (Wildman–Crippen MR) is 80.3 cm³/mol. The first-order valence-corrected chi connectivity index (χ1v) is 8.31. The standard InChI is InChI=1S/C15H16N2O3S/c18-15(17-12-8-9-12)10-16-21(19,20)14-7-3-5-11-4-1-2-6-13(11)14/h1-7,12,16H,8-10H2,(H,17,18). The fraction of sp³-hybridized carbons (Fsp3) is 0.267. The smallest absolute Gasteiger partial charge is 0.241 e. The third-order valence-corrected chi connectivity index (χ3v) is 4.86. The Morgan fingerprint density at radius 1 is 1.10 bits per heavy atom. The van der Waals surface area contributed by atoms with Crippen LogP contribution in [0.15, 0.2) is 47.4 Å². The summed E-state index contributed by atoms with van der Waals surface area (Å²) < 4.78 is 27.1. The van der Waals surface area contributed by atoms with Gasteiger partial charge in [0.1, 0.15) is 0 Å². The third-order valence-electron chi connectivity index (χ3n) is 3.40. The molecule has 0 aliphatic heterocycles. The summed E-state index contributed by atoms with van der Waals surface area (Å²) in [5.74, 6) is -0.290. The molecule has 3 rings (SSSR count). The molecule has 6 heteroatoms. The van der Waals surface area contributed by atoms with Crippen LogP contribution in [-0.2, 0) is 14.8 Å². The summed E-state index contributed by atoms with van der Waals surface area (Å²) in [5.41, 5.74) is 0. The van der Waals surface area contributed by atoms with E-state index in [0.717, 1.165) is 18.2 Å². The lowest BCUT2D eigenvalue weighted by molar-refractivity contribution is -0.120. The lowest BCUT2D eigenvalue weighted by Gasteiger charge is -2.09. The minimum atomic E-state index is -3.71. The number of sulfonamides is 1. The fourth-order valence-corrected chi connectivity index (χ4v) is 3.38. The Morgan fingerprint density at radius 3 is 2.57 bits per heavy atom. The van der Waals surface area contributed by atoms with Gasteiger partial charge in [-0.2, -0.15) is 0 Å². The molecule has 0 aromatic heterocycles. The van der Waals surface area contributed by atoms with Gasteiger partial charge < -0.3 is 5.32 Å². The highest BCUT2D eigenvalue weighted by Crippen LogP contribution is 2.22. The van der Waals surface area contributed by atoms with E-state index in [4.69, 9.17) is 0 Å². The van der Waals surface area contributed by atoms with E-state index in [1.807, 2.05) is 18.2 Å². The molecule has 1 fully saturated rings. The summed E-state index contributed by atoms with van der Waals surface area (Å²) in [6.45, 7) is -0.234. The number of fused-ring (bicyclic) bond motifs is 1. The minimum Gasteiger partial charge on any atom is -0.352 e. The lowest BCUT2D eigenvalue weighted by Crippen LogP contribution is -2.37. The van der Waals surface area contributed by atoms with Crippen molar-refractivity contribution in [3.63, 3.8) is 0 Å². The molecule has 1 saturated carbocycles. The van der Waals surface area contributed by atoms with Crippen LogP contribution >= 0.6 is 0 Å². The Hall–Kier alpha value is -1.92. The number of hydrogen-bond acceptors (Lipinski definition) is 3. The molecule has 21 heavy (non-hydrogen) atoms. The highest BCUT2D eigenvalue weighted by atomic mass is 32.2. The first-order valence-electron chi connectivity index (χ1n) is 6.83. The van der Waals surface area contributed by atoms with E-state index in [2.05, 4.69) is 10.0 Å². The van der Waals surface area contributed by atoms with Crippen LogP contribution in [-0.4, -0.2) is 26.9 Å². The average molecular weight is 304 g/mol. The van der Waals surface area contributed by atoms with E-state index in [9.17, 15) is 13.2 Å². The third kappa shape index (κ3) is 3.22. The zero-order valence-corrected chi connectivity index (χ0v) is 12.2. The summed E-state index contributed by atoms with van der Waals surface area (Å²) in [7, 11) is -3.71. The molecule has 0 atom stereocenters. The molecule has 0 heterocycles. The number of carbonyl (C=O) groups excluding carboxylic acids is 1. The molecule has 0 unspecified atom stereocenters. The van der Waals surface area contributed by atoms with Crippen molar-refractivity contribution in [2.24, 2.45) is 0 Å². The van der Waals surface area contributed by atoms with E-state index >= 15 is 0 Å². The van der Waals surface area contributed by atoms with Gasteiger partial charge in [0.05, 0.1) is 11.4 Å². The summed E-state index contributed by atoms with van der Waals surface area (Å²) in [6.07, 6.45) is 1.95. The highest BCUT2D eigenvalue weighted by molar-refractivity contribution is 7.89. The van der Waals surface area contributed by atoms with E-state index in [-0.39, 0.29) is 23.4 Å². The van der Waals surface area contributed by atoms with E-state index < -0.39 is 10.0 Å². The SMILES string of the molecule is O=C(CNS(=O)(=O)c1cccc2ccccc12)NC1CC1. The summed E-state index contributed by atoms with van der Waals surface area (Å²) in [5, 5.41) is 4.25. The Balaban J connectivity index is 1.81. The number of amides is 1. The molecule has 2 aromatic rings. The van der Waals surface area contributed by atoms with Gasteiger partial charge in [-0.05, 0) is 24.3 Å². The second-order valence-electron chi connectivity index (χ2n) is 5.14. The van der Waals surface area contributed by atoms with Crippen LogP contribution in [0.1, 0.15) is 12.8 Å². The number of rotatable bonds is 5. The predicted octanol–water partition coefficient (Wildman–Crippen LogP) is 1.40. The van der Waals surface area contributed by atoms with Gasteiger partial charge in [-0.1, -0.05) is 36.4 Å². The van der Waals surface area contributed by atoms with Gasteiger partial charge in [-0.25, -0.2) is 13.1 Å². The molecule has 1 amide bonds. The molecule has 1 aliphatic rings. The van der Waals surface area contributed by atoms with Crippen LogP contribution in [0.25, 0.3) is 10.8 Å². The Labute approximate surface area is 123 Å². The number of nitrogens with one attached hydrogen (secondary N) is 2. The first kappa shape index (κ1) is 14.0. The highest BCUT2D eigenvalue weighted by Gasteiger charge is 2.24. The molecule has 110 valence electrons. The van der Waals surface area contributed by atoms with E-state index in [1.54, 1.807) is 24.3 Å². The van der Waals surface area contributed by atoms with E-state index in [1.165, 1.54) is 0 Å². The number of benzene rings is 2. The topological polar surface area (TPSA) is 75.3 Å². The van der Waals surface area contributed by atoms with Crippen LogP contribution < -0.4 is 10.0 Å². The largest absolute Gasteiger partial charge is 0.352 e. The van der Waals surface area contributed by atoms with Gasteiger partial charge in [0.25, 0.3) is 0 Å². The molecular formula is C15H16N2O3S. The number of hydrogen-bond donors (Lipinski definition) is 2. The van der Waals surface area contributed by atoms with Gasteiger partial charge >= 0.3 is 0 Å². The van der Waals surface area contributed by atoms with Gasteiger partial charge in [0.15, 0.2) is 0 Å². The molecule has 0 spiro atoms. The fourth-order valence-electron chi connectivity index (χ4n) is 2.17. The van der Waals surface area contributed by atoms with Gasteiger partial charge in [-0.3, -0.25) is 4.79 Å². The zero-order valence-electron chi connectivity index (χ0n) is 11.4. The summed E-state index contributed by atoms with van der Waals surface area (Å²) >= 11 is 0.